The van der Waals surface area contributed by atoms with Crippen molar-refractivity contribution >= 4 is 44.0 Å². The Bertz CT molecular complexity index is 1750. The van der Waals surface area contributed by atoms with Gasteiger partial charge in [0.15, 0.2) is 9.84 Å². The number of rotatable bonds is 7. The van der Waals surface area contributed by atoms with Crippen LogP contribution >= 0.6 is 0 Å². The first-order chi connectivity index (χ1) is 20.8. The molecule has 2 amide bonds. The van der Waals surface area contributed by atoms with Gasteiger partial charge in [0.05, 0.1) is 29.4 Å². The summed E-state index contributed by atoms with van der Waals surface area (Å²) >= 11 is 0. The highest BCUT2D eigenvalue weighted by molar-refractivity contribution is 7.91. The van der Waals surface area contributed by atoms with Gasteiger partial charge < -0.3 is 18.9 Å². The van der Waals surface area contributed by atoms with Crippen LogP contribution in [0.1, 0.15) is 28.7 Å². The van der Waals surface area contributed by atoms with E-state index < -0.39 is 63.2 Å². The van der Waals surface area contributed by atoms with Gasteiger partial charge in [-0.1, -0.05) is 6.08 Å². The van der Waals surface area contributed by atoms with Crippen LogP contribution in [-0.2, 0) is 45.4 Å². The highest BCUT2D eigenvalue weighted by Crippen LogP contribution is 2.39. The molecule has 2 heterocycles. The monoisotopic (exact) mass is 661 g/mol. The third-order valence-corrected chi connectivity index (χ3v) is 7.97. The number of aryl methyl sites for hydroxylation is 1. The molecule has 0 saturated carbocycles. The van der Waals surface area contributed by atoms with Gasteiger partial charge in [0.25, 0.3) is 0 Å². The predicted molar refractivity (Wildman–Crippen MR) is 153 cm³/mol. The Hall–Kier alpha value is -4.21. The van der Waals surface area contributed by atoms with Crippen molar-refractivity contribution in [3.05, 3.63) is 64.9 Å². The van der Waals surface area contributed by atoms with E-state index in [1.54, 1.807) is 36.0 Å². The number of halogens is 6. The topological polar surface area (TPSA) is 98.2 Å². The molecular formula is C29H29F6N3O6S. The minimum atomic E-state index is -5.05. The van der Waals surface area contributed by atoms with Crippen LogP contribution in [0.2, 0.25) is 0 Å². The van der Waals surface area contributed by atoms with Crippen LogP contribution in [0.4, 0.5) is 36.8 Å². The van der Waals surface area contributed by atoms with E-state index in [1.807, 2.05) is 0 Å². The SMILES string of the molecule is COc1cc(C2=CCN(C(=O)CS(C)(=O)=O)CC2)cc2c(N(C)C(=O)OCc3cc(C(F)(F)F)cc(C(F)(F)F)c3)cn(C)c12. The minimum Gasteiger partial charge on any atom is -0.495 e. The molecule has 1 aromatic heterocycles. The quantitative estimate of drug-likeness (QED) is 0.304. The summed E-state index contributed by atoms with van der Waals surface area (Å²) in [7, 11) is 1.00. The Morgan fingerprint density at radius 3 is 2.13 bits per heavy atom. The molecule has 9 nitrogen and oxygen atoms in total. The molecule has 45 heavy (non-hydrogen) atoms. The molecule has 1 aliphatic heterocycles. The first-order valence-corrected chi connectivity index (χ1v) is 15.4. The number of fused-ring (bicyclic) bond motifs is 1. The molecule has 16 heteroatoms. The first-order valence-electron chi connectivity index (χ1n) is 13.3. The van der Waals surface area contributed by atoms with Crippen molar-refractivity contribution in [2.24, 2.45) is 7.05 Å². The van der Waals surface area contributed by atoms with Gasteiger partial charge in [-0.3, -0.25) is 9.69 Å². The highest BCUT2D eigenvalue weighted by atomic mass is 32.2. The lowest BCUT2D eigenvalue weighted by Crippen LogP contribution is -2.38. The Kier molecular flexibility index (Phi) is 9.20. The third kappa shape index (κ3) is 7.72. The molecule has 0 aliphatic carbocycles. The van der Waals surface area contributed by atoms with Gasteiger partial charge in [0, 0.05) is 45.0 Å². The molecule has 244 valence electrons. The largest absolute Gasteiger partial charge is 0.495 e. The van der Waals surface area contributed by atoms with Crippen LogP contribution in [0.25, 0.3) is 16.5 Å². The van der Waals surface area contributed by atoms with Crippen molar-refractivity contribution in [1.29, 1.82) is 0 Å². The van der Waals surface area contributed by atoms with Crippen molar-refractivity contribution in [3.8, 4) is 5.75 Å². The van der Waals surface area contributed by atoms with Gasteiger partial charge in [-0.25, -0.2) is 13.2 Å². The van der Waals surface area contributed by atoms with Gasteiger partial charge in [0.1, 0.15) is 18.1 Å². The number of methoxy groups -OCH3 is 1. The van der Waals surface area contributed by atoms with Crippen LogP contribution < -0.4 is 9.64 Å². The zero-order chi connectivity index (χ0) is 33.5. The van der Waals surface area contributed by atoms with Crippen LogP contribution in [0.15, 0.2) is 42.6 Å². The van der Waals surface area contributed by atoms with Crippen molar-refractivity contribution in [1.82, 2.24) is 9.47 Å². The highest BCUT2D eigenvalue weighted by Gasteiger charge is 2.37. The number of benzene rings is 2. The molecule has 0 saturated heterocycles. The van der Waals surface area contributed by atoms with Crippen LogP contribution in [-0.4, -0.2) is 69.1 Å². The fourth-order valence-corrected chi connectivity index (χ4v) is 5.64. The number of carbonyl (C=O) groups excluding carboxylic acids is 2. The molecule has 0 N–H and O–H groups in total. The average Bonchev–Trinajstić information content (AvgIpc) is 3.29. The maximum atomic E-state index is 13.2. The maximum absolute atomic E-state index is 13.2. The lowest BCUT2D eigenvalue weighted by molar-refractivity contribution is -0.143. The molecular weight excluding hydrogens is 632 g/mol. The molecule has 0 bridgehead atoms. The van der Waals surface area contributed by atoms with E-state index in [1.165, 1.54) is 19.1 Å². The maximum Gasteiger partial charge on any atom is 0.416 e. The Morgan fingerprint density at radius 1 is 1.00 bits per heavy atom. The lowest BCUT2D eigenvalue weighted by atomic mass is 9.97. The van der Waals surface area contributed by atoms with Crippen molar-refractivity contribution in [2.75, 3.05) is 44.2 Å². The summed E-state index contributed by atoms with van der Waals surface area (Å²) in [4.78, 5) is 27.8. The molecule has 0 radical (unpaired) electrons. The second-order valence-electron chi connectivity index (χ2n) is 10.6. The van der Waals surface area contributed by atoms with E-state index in [2.05, 4.69) is 0 Å². The summed E-state index contributed by atoms with van der Waals surface area (Å²) in [5.74, 6) is -0.660. The molecule has 3 aromatic rings. The molecule has 0 fully saturated rings. The van der Waals surface area contributed by atoms with Crippen LogP contribution in [0, 0.1) is 0 Å². The van der Waals surface area contributed by atoms with E-state index in [4.69, 9.17) is 9.47 Å². The summed E-state index contributed by atoms with van der Waals surface area (Å²) in [6, 6.07) is 4.53. The minimum absolute atomic E-state index is 0.00863. The number of anilines is 1. The Labute approximate surface area is 254 Å². The zero-order valence-electron chi connectivity index (χ0n) is 24.5. The Balaban J connectivity index is 1.60. The molecule has 1 aliphatic rings. The number of hydrogen-bond acceptors (Lipinski definition) is 6. The number of ether oxygens (including phenoxy) is 2. The fraction of sp³-hybridized carbons (Fsp3) is 0.379. The summed E-state index contributed by atoms with van der Waals surface area (Å²) in [5.41, 5.74) is -1.09. The average molecular weight is 662 g/mol. The number of carbonyl (C=O) groups is 2. The number of amides is 2. The zero-order valence-corrected chi connectivity index (χ0v) is 25.4. The van der Waals surface area contributed by atoms with Crippen LogP contribution in [0.3, 0.4) is 0 Å². The number of sulfone groups is 1. The van der Waals surface area contributed by atoms with Crippen molar-refractivity contribution < 1.29 is 53.8 Å². The van der Waals surface area contributed by atoms with E-state index in [0.29, 0.717) is 46.5 Å². The molecule has 0 spiro atoms. The van der Waals surface area contributed by atoms with Crippen molar-refractivity contribution in [3.63, 3.8) is 0 Å². The van der Waals surface area contributed by atoms with Gasteiger partial charge >= 0.3 is 18.4 Å². The summed E-state index contributed by atoms with van der Waals surface area (Å²) < 4.78 is 115. The fourth-order valence-electron chi connectivity index (χ4n) is 5.01. The van der Waals surface area contributed by atoms with Gasteiger partial charge in [-0.2, -0.15) is 26.3 Å². The van der Waals surface area contributed by atoms with Crippen LogP contribution in [0.5, 0.6) is 5.75 Å². The predicted octanol–water partition coefficient (Wildman–Crippen LogP) is 5.66. The van der Waals surface area contributed by atoms with Gasteiger partial charge in [-0.05, 0) is 53.5 Å². The normalized spacial score (nSPS) is 14.4. The first kappa shape index (κ1) is 33.7. The molecule has 4 rings (SSSR count). The van der Waals surface area contributed by atoms with Gasteiger partial charge in [-0.15, -0.1) is 0 Å². The second-order valence-corrected chi connectivity index (χ2v) is 12.8. The molecule has 0 atom stereocenters. The summed E-state index contributed by atoms with van der Waals surface area (Å²) in [5, 5.41) is 0.529. The van der Waals surface area contributed by atoms with Gasteiger partial charge in [0.2, 0.25) is 5.91 Å². The number of nitrogens with zero attached hydrogens (tertiary/aromatic N) is 3. The molecule has 2 aromatic carbocycles. The summed E-state index contributed by atoms with van der Waals surface area (Å²) in [6.45, 7) is -0.388. The summed E-state index contributed by atoms with van der Waals surface area (Å²) in [6.07, 6.45) is -6.37. The van der Waals surface area contributed by atoms with E-state index in [-0.39, 0.29) is 19.2 Å². The molecule has 0 unspecified atom stereocenters. The third-order valence-electron chi connectivity index (χ3n) is 7.20. The lowest BCUT2D eigenvalue weighted by Gasteiger charge is -2.27. The Morgan fingerprint density at radius 2 is 1.62 bits per heavy atom. The number of aromatic nitrogens is 1. The smallest absolute Gasteiger partial charge is 0.416 e. The second kappa shape index (κ2) is 12.3. The number of hydrogen-bond donors (Lipinski definition) is 0. The van der Waals surface area contributed by atoms with Crippen molar-refractivity contribution in [2.45, 2.75) is 25.4 Å². The van der Waals surface area contributed by atoms with E-state index >= 15 is 0 Å². The van der Waals surface area contributed by atoms with E-state index in [9.17, 15) is 44.3 Å². The van der Waals surface area contributed by atoms with E-state index in [0.717, 1.165) is 16.7 Å². The number of alkyl halides is 6. The standard InChI is InChI=1S/C29H29F6N3O6S/c1-36-14-23(37(2)27(40)44-15-17-9-20(28(30,31)32)13-21(10-17)29(33,34)35)22-11-19(12-24(43-3)26(22)36)18-5-7-38(8-6-18)25(39)16-45(4,41)42/h5,9-14H,6-8,15-16H2,1-4H3.